The van der Waals surface area contributed by atoms with E-state index in [1.54, 1.807) is 30.3 Å². The molecule has 0 atom stereocenters. The van der Waals surface area contributed by atoms with E-state index in [9.17, 15) is 9.18 Å². The lowest BCUT2D eigenvalue weighted by atomic mass is 10.2. The maximum Gasteiger partial charge on any atom is 0.343 e. The average molecular weight is 404 g/mol. The Hall–Kier alpha value is -3.80. The van der Waals surface area contributed by atoms with Crippen LogP contribution >= 0.6 is 0 Å². The van der Waals surface area contributed by atoms with Crippen molar-refractivity contribution in [1.82, 2.24) is 0 Å². The van der Waals surface area contributed by atoms with Crippen LogP contribution in [0, 0.1) is 5.82 Å². The van der Waals surface area contributed by atoms with Crippen LogP contribution in [0.1, 0.15) is 23.2 Å². The molecule has 0 spiro atoms. The van der Waals surface area contributed by atoms with Crippen molar-refractivity contribution in [3.63, 3.8) is 0 Å². The number of unbranched alkanes of at least 4 members (excludes halogenated alkanes) is 1. The highest BCUT2D eigenvalue weighted by Crippen LogP contribution is 2.22. The minimum absolute atomic E-state index is 0.112. The molecule has 3 rings (SSSR count). The molecule has 3 aromatic rings. The molecule has 0 bridgehead atoms. The summed E-state index contributed by atoms with van der Waals surface area (Å²) in [5.41, 5.74) is 1.54. The quantitative estimate of drug-likeness (QED) is 0.129. The van der Waals surface area contributed by atoms with Crippen molar-refractivity contribution >= 4 is 17.3 Å². The first kappa shape index (κ1) is 20.9. The highest BCUT2D eigenvalue weighted by molar-refractivity contribution is 5.91. The first-order chi connectivity index (χ1) is 14.7. The van der Waals surface area contributed by atoms with Crippen LogP contribution in [-0.4, -0.2) is 12.6 Å². The molecule has 0 radical (unpaired) electrons. The minimum atomic E-state index is -0.646. The van der Waals surface area contributed by atoms with Crippen LogP contribution in [0.15, 0.2) is 95.7 Å². The number of carbonyl (C=O) groups excluding carboxylic acids is 1. The Morgan fingerprint density at radius 1 is 0.933 bits per heavy atom. The van der Waals surface area contributed by atoms with Gasteiger partial charge in [0.15, 0.2) is 11.6 Å². The molecule has 0 aromatic heterocycles. The van der Waals surface area contributed by atoms with Crippen molar-refractivity contribution in [3.05, 3.63) is 96.8 Å². The number of azo groups is 1. The second kappa shape index (κ2) is 10.7. The summed E-state index contributed by atoms with van der Waals surface area (Å²) in [4.78, 5) is 12.1. The van der Waals surface area contributed by atoms with Gasteiger partial charge < -0.3 is 9.47 Å². The zero-order valence-corrected chi connectivity index (χ0v) is 16.3. The summed E-state index contributed by atoms with van der Waals surface area (Å²) in [7, 11) is 0. The number of carbonyl (C=O) groups is 1. The van der Waals surface area contributed by atoms with Crippen LogP contribution in [0.4, 0.5) is 15.8 Å². The topological polar surface area (TPSA) is 60.2 Å². The molecular weight excluding hydrogens is 383 g/mol. The van der Waals surface area contributed by atoms with E-state index < -0.39 is 11.8 Å². The van der Waals surface area contributed by atoms with Gasteiger partial charge in [-0.25, -0.2) is 9.18 Å². The van der Waals surface area contributed by atoms with Crippen molar-refractivity contribution in [1.29, 1.82) is 0 Å². The van der Waals surface area contributed by atoms with Crippen LogP contribution in [0.2, 0.25) is 0 Å². The Morgan fingerprint density at radius 2 is 1.57 bits per heavy atom. The molecule has 0 amide bonds. The third kappa shape index (κ3) is 6.10. The molecule has 0 aliphatic rings. The second-order valence-corrected chi connectivity index (χ2v) is 6.34. The molecule has 0 heterocycles. The average Bonchev–Trinajstić information content (AvgIpc) is 2.78. The number of rotatable bonds is 9. The smallest absolute Gasteiger partial charge is 0.343 e. The predicted molar refractivity (Wildman–Crippen MR) is 113 cm³/mol. The van der Waals surface area contributed by atoms with E-state index in [-0.39, 0.29) is 11.3 Å². The van der Waals surface area contributed by atoms with E-state index in [4.69, 9.17) is 9.47 Å². The van der Waals surface area contributed by atoms with Crippen molar-refractivity contribution < 1.29 is 18.7 Å². The van der Waals surface area contributed by atoms with Gasteiger partial charge in [0.1, 0.15) is 5.75 Å². The number of allylic oxidation sites excluding steroid dienone is 1. The lowest BCUT2D eigenvalue weighted by Gasteiger charge is -2.05. The number of benzene rings is 3. The van der Waals surface area contributed by atoms with Gasteiger partial charge in [0.2, 0.25) is 0 Å². The molecule has 3 aromatic carbocycles. The third-order valence-corrected chi connectivity index (χ3v) is 4.08. The first-order valence-electron chi connectivity index (χ1n) is 9.48. The Kier molecular flexibility index (Phi) is 7.44. The SMILES string of the molecule is C=CCCCOc1ccc(N=Nc2ccc(C(=O)Oc3ccccc3F)cc2)cc1. The molecule has 0 fully saturated rings. The van der Waals surface area contributed by atoms with Crippen molar-refractivity contribution in [3.8, 4) is 11.5 Å². The van der Waals surface area contributed by atoms with Crippen LogP contribution < -0.4 is 9.47 Å². The van der Waals surface area contributed by atoms with Gasteiger partial charge in [-0.3, -0.25) is 0 Å². The third-order valence-electron chi connectivity index (χ3n) is 4.08. The fourth-order valence-electron chi connectivity index (χ4n) is 2.49. The molecule has 0 aliphatic heterocycles. The number of halogens is 1. The monoisotopic (exact) mass is 404 g/mol. The number of esters is 1. The van der Waals surface area contributed by atoms with Gasteiger partial charge in [-0.2, -0.15) is 10.2 Å². The Balaban J connectivity index is 1.56. The normalized spacial score (nSPS) is 10.7. The van der Waals surface area contributed by atoms with E-state index in [0.717, 1.165) is 18.6 Å². The maximum absolute atomic E-state index is 13.6. The minimum Gasteiger partial charge on any atom is -0.494 e. The standard InChI is InChI=1S/C24H21FN2O3/c1-2-3-6-17-29-21-15-13-20(14-16-21)27-26-19-11-9-18(10-12-19)24(28)30-23-8-5-4-7-22(23)25/h2,4-5,7-16H,1,3,6,17H2. The molecule has 152 valence electrons. The molecule has 6 heteroatoms. The highest BCUT2D eigenvalue weighted by atomic mass is 19.1. The lowest BCUT2D eigenvalue weighted by molar-refractivity contribution is 0.0728. The maximum atomic E-state index is 13.6. The fourth-order valence-corrected chi connectivity index (χ4v) is 2.49. The number of nitrogens with zero attached hydrogens (tertiary/aromatic N) is 2. The number of para-hydroxylation sites is 1. The Morgan fingerprint density at radius 3 is 2.20 bits per heavy atom. The van der Waals surface area contributed by atoms with Gasteiger partial charge in [0.05, 0.1) is 23.5 Å². The summed E-state index contributed by atoms with van der Waals surface area (Å²) >= 11 is 0. The molecule has 0 aliphatic carbocycles. The van der Waals surface area contributed by atoms with Gasteiger partial charge in [-0.1, -0.05) is 18.2 Å². The fraction of sp³-hybridized carbons (Fsp3) is 0.125. The summed E-state index contributed by atoms with van der Waals surface area (Å²) in [5.74, 6) is -0.577. The van der Waals surface area contributed by atoms with Crippen LogP contribution in [0.5, 0.6) is 11.5 Å². The molecule has 30 heavy (non-hydrogen) atoms. The predicted octanol–water partition coefficient (Wildman–Crippen LogP) is 6.81. The summed E-state index contributed by atoms with van der Waals surface area (Å²) in [5, 5.41) is 8.32. The van der Waals surface area contributed by atoms with Gasteiger partial charge in [-0.05, 0) is 73.5 Å². The molecule has 0 saturated heterocycles. The summed E-state index contributed by atoms with van der Waals surface area (Å²) < 4.78 is 24.3. The zero-order chi connectivity index (χ0) is 21.2. The van der Waals surface area contributed by atoms with E-state index in [0.29, 0.717) is 18.0 Å². The van der Waals surface area contributed by atoms with Gasteiger partial charge >= 0.3 is 5.97 Å². The number of ether oxygens (including phenoxy) is 2. The molecule has 0 unspecified atom stereocenters. The highest BCUT2D eigenvalue weighted by Gasteiger charge is 2.11. The lowest BCUT2D eigenvalue weighted by Crippen LogP contribution is -2.09. The van der Waals surface area contributed by atoms with E-state index >= 15 is 0 Å². The van der Waals surface area contributed by atoms with E-state index in [1.807, 2.05) is 30.3 Å². The zero-order valence-electron chi connectivity index (χ0n) is 16.3. The summed E-state index contributed by atoms with van der Waals surface area (Å²) in [6.07, 6.45) is 3.71. The van der Waals surface area contributed by atoms with Crippen LogP contribution in [0.3, 0.4) is 0 Å². The van der Waals surface area contributed by atoms with E-state index in [1.165, 1.54) is 18.2 Å². The van der Waals surface area contributed by atoms with Crippen molar-refractivity contribution in [2.75, 3.05) is 6.61 Å². The molecular formula is C24H21FN2O3. The molecule has 0 saturated carbocycles. The van der Waals surface area contributed by atoms with Crippen LogP contribution in [0.25, 0.3) is 0 Å². The van der Waals surface area contributed by atoms with Crippen molar-refractivity contribution in [2.24, 2.45) is 10.2 Å². The van der Waals surface area contributed by atoms with Gasteiger partial charge in [0.25, 0.3) is 0 Å². The van der Waals surface area contributed by atoms with Crippen LogP contribution in [-0.2, 0) is 0 Å². The molecule has 5 nitrogen and oxygen atoms in total. The largest absolute Gasteiger partial charge is 0.494 e. The summed E-state index contributed by atoms with van der Waals surface area (Å²) in [6.45, 7) is 4.32. The summed E-state index contributed by atoms with van der Waals surface area (Å²) in [6, 6.07) is 19.4. The van der Waals surface area contributed by atoms with Crippen molar-refractivity contribution in [2.45, 2.75) is 12.8 Å². The van der Waals surface area contributed by atoms with E-state index in [2.05, 4.69) is 16.8 Å². The molecule has 0 N–H and O–H groups in total. The van der Waals surface area contributed by atoms with Gasteiger partial charge in [0, 0.05) is 0 Å². The van der Waals surface area contributed by atoms with Gasteiger partial charge in [-0.15, -0.1) is 6.58 Å². The second-order valence-electron chi connectivity index (χ2n) is 6.34. The Labute approximate surface area is 174 Å². The first-order valence-corrected chi connectivity index (χ1v) is 9.48. The Bertz CT molecular complexity index is 1020. The number of hydrogen-bond donors (Lipinski definition) is 0. The number of hydrogen-bond acceptors (Lipinski definition) is 5.